The van der Waals surface area contributed by atoms with Crippen LogP contribution >= 0.6 is 23.5 Å². The molecule has 0 aromatic rings. The van der Waals surface area contributed by atoms with Gasteiger partial charge in [0.2, 0.25) is 0 Å². The fourth-order valence-corrected chi connectivity index (χ4v) is 11.3. The summed E-state index contributed by atoms with van der Waals surface area (Å²) in [5.74, 6) is 3.87. The minimum atomic E-state index is 0.00920. The Morgan fingerprint density at radius 2 is 0.778 bits per heavy atom. The first kappa shape index (κ1) is 58.2. The lowest BCUT2D eigenvalue weighted by Crippen LogP contribution is -2.35. The van der Waals surface area contributed by atoms with Crippen LogP contribution in [0, 0.1) is 11.8 Å². The van der Waals surface area contributed by atoms with Crippen LogP contribution in [-0.2, 0) is 19.1 Å². The van der Waals surface area contributed by atoms with Gasteiger partial charge in [0, 0.05) is 42.5 Å². The number of unbranched alkanes of at least 4 members (excludes halogenated alkanes) is 22. The molecule has 2 rings (SSSR count). The number of hydrogen-bond donors (Lipinski definition) is 0. The molecular formula is C55H102N2O4S2. The number of nitrogens with zero attached hydrogens (tertiary/aromatic N) is 2. The van der Waals surface area contributed by atoms with E-state index < -0.39 is 0 Å². The summed E-state index contributed by atoms with van der Waals surface area (Å²) in [6, 6.07) is 0. The first-order valence-electron chi connectivity index (χ1n) is 27.3. The summed E-state index contributed by atoms with van der Waals surface area (Å²) in [6.45, 7) is 12.9. The SMILES string of the molecule is CCCCCCCC/C=C\CCCCCCCC(=O)OCCC1CCN(CCSCSCCN2CCC(CCOC(=O)CCCCCCC/C=C\CCCCCCCC)CC2)CC1. The number of carbonyl (C=O) groups is 2. The van der Waals surface area contributed by atoms with Gasteiger partial charge in [-0.05, 0) is 141 Å². The third kappa shape index (κ3) is 37.8. The number of likely N-dealkylation sites (tertiary alicyclic amines) is 2. The average molecular weight is 920 g/mol. The predicted octanol–water partition coefficient (Wildman–Crippen LogP) is 15.8. The summed E-state index contributed by atoms with van der Waals surface area (Å²) in [5.41, 5.74) is 0. The van der Waals surface area contributed by atoms with Gasteiger partial charge in [0.05, 0.1) is 13.2 Å². The van der Waals surface area contributed by atoms with Crippen molar-refractivity contribution in [2.75, 3.05) is 69.1 Å². The van der Waals surface area contributed by atoms with Crippen molar-refractivity contribution < 1.29 is 19.1 Å². The first-order chi connectivity index (χ1) is 31.1. The fraction of sp³-hybridized carbons (Fsp3) is 0.891. The van der Waals surface area contributed by atoms with Gasteiger partial charge < -0.3 is 19.3 Å². The molecule has 0 aromatic carbocycles. The molecule has 0 aromatic heterocycles. The Labute approximate surface area is 399 Å². The first-order valence-corrected chi connectivity index (χ1v) is 29.6. The number of esters is 2. The normalized spacial score (nSPS) is 15.9. The van der Waals surface area contributed by atoms with E-state index in [0.29, 0.717) is 37.9 Å². The summed E-state index contributed by atoms with van der Waals surface area (Å²) in [5, 5.41) is 1.19. The molecule has 2 fully saturated rings. The average Bonchev–Trinajstić information content (AvgIpc) is 3.29. The number of hydrogen-bond acceptors (Lipinski definition) is 8. The summed E-state index contributed by atoms with van der Waals surface area (Å²) in [6.07, 6.45) is 51.0. The number of rotatable bonds is 44. The molecule has 0 aliphatic carbocycles. The molecule has 2 saturated heterocycles. The fourth-order valence-electron chi connectivity index (χ4n) is 9.06. The van der Waals surface area contributed by atoms with Crippen LogP contribution in [0.5, 0.6) is 0 Å². The summed E-state index contributed by atoms with van der Waals surface area (Å²) >= 11 is 4.19. The molecule has 0 atom stereocenters. The minimum Gasteiger partial charge on any atom is -0.466 e. The highest BCUT2D eigenvalue weighted by molar-refractivity contribution is 8.16. The highest BCUT2D eigenvalue weighted by atomic mass is 32.2. The zero-order valence-corrected chi connectivity index (χ0v) is 43.3. The quantitative estimate of drug-likeness (QED) is 0.0259. The summed E-state index contributed by atoms with van der Waals surface area (Å²) in [4.78, 5) is 29.8. The van der Waals surface area contributed by atoms with Gasteiger partial charge in [-0.25, -0.2) is 0 Å². The van der Waals surface area contributed by atoms with E-state index in [1.165, 1.54) is 223 Å². The third-order valence-electron chi connectivity index (χ3n) is 13.5. The topological polar surface area (TPSA) is 59.1 Å². The maximum absolute atomic E-state index is 12.2. The molecule has 2 heterocycles. The maximum Gasteiger partial charge on any atom is 0.305 e. The lowest BCUT2D eigenvalue weighted by atomic mass is 9.94. The second-order valence-electron chi connectivity index (χ2n) is 19.2. The van der Waals surface area contributed by atoms with Crippen LogP contribution in [0.25, 0.3) is 0 Å². The molecule has 0 N–H and O–H groups in total. The Morgan fingerprint density at radius 3 is 1.13 bits per heavy atom. The smallest absolute Gasteiger partial charge is 0.305 e. The van der Waals surface area contributed by atoms with Gasteiger partial charge in [0.1, 0.15) is 0 Å². The van der Waals surface area contributed by atoms with E-state index in [-0.39, 0.29) is 11.9 Å². The number of piperidine rings is 2. The standard InChI is InChI=1S/C55H102N2O4S2/c1-3-5-7-9-11-13-15-17-19-21-23-25-27-29-31-33-54(58)60-47-39-52-35-41-56(42-36-52)45-49-62-51-63-50-46-57-43-37-53(38-44-57)40-48-61-55(59)34-32-30-28-26-24-22-20-18-16-14-12-10-8-6-4-2/h17-20,52-53H,3-16,21-51H2,1-2H3/b19-17-,20-18-. The van der Waals surface area contributed by atoms with Crippen molar-refractivity contribution in [3.05, 3.63) is 24.3 Å². The highest BCUT2D eigenvalue weighted by Gasteiger charge is 2.21. The molecule has 0 amide bonds. The summed E-state index contributed by atoms with van der Waals surface area (Å²) in [7, 11) is 0. The van der Waals surface area contributed by atoms with Crippen LogP contribution in [-0.4, -0.2) is 90.8 Å². The zero-order chi connectivity index (χ0) is 44.9. The zero-order valence-electron chi connectivity index (χ0n) is 41.6. The molecule has 2 aliphatic rings. The highest BCUT2D eigenvalue weighted by Crippen LogP contribution is 2.24. The van der Waals surface area contributed by atoms with Gasteiger partial charge >= 0.3 is 11.9 Å². The van der Waals surface area contributed by atoms with Crippen LogP contribution < -0.4 is 0 Å². The van der Waals surface area contributed by atoms with Crippen molar-refractivity contribution in [1.82, 2.24) is 9.80 Å². The molecule has 2 aliphatic heterocycles. The van der Waals surface area contributed by atoms with Crippen LogP contribution in [0.2, 0.25) is 0 Å². The molecule has 0 spiro atoms. The molecule has 0 saturated carbocycles. The molecule has 63 heavy (non-hydrogen) atoms. The predicted molar refractivity (Wildman–Crippen MR) is 278 cm³/mol. The van der Waals surface area contributed by atoms with E-state index in [4.69, 9.17) is 9.47 Å². The van der Waals surface area contributed by atoms with Gasteiger partial charge in [-0.15, -0.1) is 23.5 Å². The van der Waals surface area contributed by atoms with Gasteiger partial charge in [0.15, 0.2) is 0 Å². The van der Waals surface area contributed by atoms with Crippen LogP contribution in [0.15, 0.2) is 24.3 Å². The Balaban J connectivity index is 1.28. The number of carbonyl (C=O) groups excluding carboxylic acids is 2. The minimum absolute atomic E-state index is 0.00920. The van der Waals surface area contributed by atoms with Crippen molar-refractivity contribution in [3.8, 4) is 0 Å². The number of allylic oxidation sites excluding steroid dienone is 4. The molecule has 0 bridgehead atoms. The van der Waals surface area contributed by atoms with E-state index in [1.54, 1.807) is 0 Å². The monoisotopic (exact) mass is 919 g/mol. The second kappa shape index (κ2) is 44.9. The lowest BCUT2D eigenvalue weighted by Gasteiger charge is -2.32. The second-order valence-corrected chi connectivity index (χ2v) is 21.8. The van der Waals surface area contributed by atoms with E-state index in [9.17, 15) is 9.59 Å². The van der Waals surface area contributed by atoms with Crippen molar-refractivity contribution in [3.63, 3.8) is 0 Å². The Morgan fingerprint density at radius 1 is 0.460 bits per heavy atom. The van der Waals surface area contributed by atoms with Gasteiger partial charge in [-0.3, -0.25) is 9.59 Å². The Hall–Kier alpha value is -0.960. The molecule has 6 nitrogen and oxygen atoms in total. The molecule has 8 heteroatoms. The lowest BCUT2D eigenvalue weighted by molar-refractivity contribution is -0.145. The Kier molecular flexibility index (Phi) is 41.4. The Bertz CT molecular complexity index is 991. The number of ether oxygens (including phenoxy) is 2. The van der Waals surface area contributed by atoms with Crippen LogP contribution in [0.1, 0.15) is 232 Å². The van der Waals surface area contributed by atoms with Crippen molar-refractivity contribution in [2.24, 2.45) is 11.8 Å². The van der Waals surface area contributed by atoms with Crippen molar-refractivity contribution >= 4 is 35.5 Å². The molecule has 0 radical (unpaired) electrons. The van der Waals surface area contributed by atoms with Crippen molar-refractivity contribution in [2.45, 2.75) is 232 Å². The third-order valence-corrected chi connectivity index (χ3v) is 15.8. The van der Waals surface area contributed by atoms with Gasteiger partial charge in [-0.1, -0.05) is 141 Å². The van der Waals surface area contributed by atoms with Crippen molar-refractivity contribution in [1.29, 1.82) is 0 Å². The van der Waals surface area contributed by atoms with Crippen LogP contribution in [0.3, 0.4) is 0 Å². The molecular weight excluding hydrogens is 817 g/mol. The van der Waals surface area contributed by atoms with E-state index in [1.807, 2.05) is 0 Å². The van der Waals surface area contributed by atoms with Crippen LogP contribution in [0.4, 0.5) is 0 Å². The molecule has 0 unspecified atom stereocenters. The summed E-state index contributed by atoms with van der Waals surface area (Å²) < 4.78 is 11.2. The maximum atomic E-state index is 12.2. The van der Waals surface area contributed by atoms with E-state index in [2.05, 4.69) is 71.5 Å². The largest absolute Gasteiger partial charge is 0.466 e. The van der Waals surface area contributed by atoms with Gasteiger partial charge in [-0.2, -0.15) is 0 Å². The van der Waals surface area contributed by atoms with E-state index >= 15 is 0 Å². The van der Waals surface area contributed by atoms with Gasteiger partial charge in [0.25, 0.3) is 0 Å². The molecule has 368 valence electrons. The number of thioether (sulfide) groups is 2. The van der Waals surface area contributed by atoms with E-state index in [0.717, 1.165) is 38.5 Å².